The maximum atomic E-state index is 3.82. The quantitative estimate of drug-likeness (QED) is 0.480. The van der Waals surface area contributed by atoms with Crippen molar-refractivity contribution >= 4 is 31.9 Å². The Morgan fingerprint density at radius 2 is 1.57 bits per heavy atom. The standard InChI is InChI=1S/C19H22Br2/c1-5-19(3,4)16-10-8-14(9-11-16)18(21)15-7-6-13(2)17(20)12-15/h6-12,18H,5H2,1-4H3. The molecule has 0 radical (unpaired) electrons. The minimum atomic E-state index is 0.230. The van der Waals surface area contributed by atoms with Crippen molar-refractivity contribution in [2.75, 3.05) is 0 Å². The molecule has 1 unspecified atom stereocenters. The number of hydrogen-bond acceptors (Lipinski definition) is 0. The van der Waals surface area contributed by atoms with Gasteiger partial charge in [-0.2, -0.15) is 0 Å². The van der Waals surface area contributed by atoms with Crippen molar-refractivity contribution < 1.29 is 0 Å². The Balaban J connectivity index is 2.27. The molecule has 2 aromatic rings. The van der Waals surface area contributed by atoms with E-state index in [1.54, 1.807) is 0 Å². The molecule has 0 fully saturated rings. The molecule has 0 heterocycles. The lowest BCUT2D eigenvalue weighted by molar-refractivity contribution is 0.506. The van der Waals surface area contributed by atoms with Crippen molar-refractivity contribution in [3.63, 3.8) is 0 Å². The Kier molecular flexibility index (Phi) is 5.32. The summed E-state index contributed by atoms with van der Waals surface area (Å²) >= 11 is 7.44. The third-order valence-corrected chi connectivity index (χ3v) is 6.27. The second kappa shape index (κ2) is 6.66. The summed E-state index contributed by atoms with van der Waals surface area (Å²) in [6, 6.07) is 15.5. The van der Waals surface area contributed by atoms with E-state index < -0.39 is 0 Å². The van der Waals surface area contributed by atoms with Crippen molar-refractivity contribution in [2.24, 2.45) is 0 Å². The van der Waals surface area contributed by atoms with Crippen molar-refractivity contribution in [2.45, 2.75) is 44.4 Å². The molecule has 0 amide bonds. The predicted octanol–water partition coefficient (Wildman–Crippen LogP) is 6.93. The topological polar surface area (TPSA) is 0 Å². The molecule has 0 aliphatic heterocycles. The highest BCUT2D eigenvalue weighted by atomic mass is 79.9. The Morgan fingerprint density at radius 3 is 2.10 bits per heavy atom. The van der Waals surface area contributed by atoms with E-state index in [1.807, 2.05) is 0 Å². The van der Waals surface area contributed by atoms with E-state index in [1.165, 1.54) is 22.3 Å². The van der Waals surface area contributed by atoms with Gasteiger partial charge < -0.3 is 0 Å². The molecule has 2 heteroatoms. The zero-order valence-corrected chi connectivity index (χ0v) is 16.3. The molecule has 0 aliphatic carbocycles. The molecule has 0 spiro atoms. The van der Waals surface area contributed by atoms with E-state index >= 15 is 0 Å². The summed E-state index contributed by atoms with van der Waals surface area (Å²) in [6.07, 6.45) is 1.15. The van der Waals surface area contributed by atoms with Crippen LogP contribution < -0.4 is 0 Å². The van der Waals surface area contributed by atoms with Crippen molar-refractivity contribution in [1.29, 1.82) is 0 Å². The van der Waals surface area contributed by atoms with Crippen LogP contribution in [0.25, 0.3) is 0 Å². The van der Waals surface area contributed by atoms with Crippen LogP contribution in [0.4, 0.5) is 0 Å². The fourth-order valence-corrected chi connectivity index (χ4v) is 3.25. The van der Waals surface area contributed by atoms with Crippen LogP contribution in [-0.2, 0) is 5.41 Å². The van der Waals surface area contributed by atoms with Gasteiger partial charge in [0.1, 0.15) is 0 Å². The van der Waals surface area contributed by atoms with Crippen LogP contribution in [0.5, 0.6) is 0 Å². The Bertz CT molecular complexity index is 612. The predicted molar refractivity (Wildman–Crippen MR) is 99.4 cm³/mol. The molecule has 0 aromatic heterocycles. The first-order valence-electron chi connectivity index (χ1n) is 7.35. The van der Waals surface area contributed by atoms with Crippen LogP contribution in [0, 0.1) is 6.92 Å². The van der Waals surface area contributed by atoms with Gasteiger partial charge in [0.15, 0.2) is 0 Å². The molecule has 2 aromatic carbocycles. The molecular formula is C19H22Br2. The van der Waals surface area contributed by atoms with E-state index in [2.05, 4.69) is 102 Å². The molecule has 0 bridgehead atoms. The first kappa shape index (κ1) is 16.8. The zero-order valence-electron chi connectivity index (χ0n) is 13.1. The number of rotatable bonds is 4. The monoisotopic (exact) mass is 408 g/mol. The molecule has 112 valence electrons. The highest BCUT2D eigenvalue weighted by molar-refractivity contribution is 9.10. The smallest absolute Gasteiger partial charge is 0.0645 e. The summed E-state index contributed by atoms with van der Waals surface area (Å²) in [5.74, 6) is 0. The van der Waals surface area contributed by atoms with Crippen LogP contribution in [0.1, 0.15) is 54.3 Å². The van der Waals surface area contributed by atoms with Crippen molar-refractivity contribution in [1.82, 2.24) is 0 Å². The summed E-state index contributed by atoms with van der Waals surface area (Å²) in [5, 5.41) is 0. The minimum absolute atomic E-state index is 0.230. The van der Waals surface area contributed by atoms with E-state index in [9.17, 15) is 0 Å². The number of benzene rings is 2. The molecule has 2 rings (SSSR count). The average molecular weight is 410 g/mol. The number of alkyl halides is 1. The van der Waals surface area contributed by atoms with Gasteiger partial charge in [-0.15, -0.1) is 0 Å². The van der Waals surface area contributed by atoms with Crippen molar-refractivity contribution in [3.8, 4) is 0 Å². The lowest BCUT2D eigenvalue weighted by Crippen LogP contribution is -2.15. The van der Waals surface area contributed by atoms with Crippen LogP contribution in [0.15, 0.2) is 46.9 Å². The van der Waals surface area contributed by atoms with Gasteiger partial charge in [0.2, 0.25) is 0 Å². The first-order valence-corrected chi connectivity index (χ1v) is 9.06. The molecule has 1 atom stereocenters. The Hall–Kier alpha value is -0.600. The summed E-state index contributed by atoms with van der Waals surface area (Å²) < 4.78 is 1.16. The molecule has 21 heavy (non-hydrogen) atoms. The van der Waals surface area contributed by atoms with Crippen LogP contribution in [-0.4, -0.2) is 0 Å². The highest BCUT2D eigenvalue weighted by Crippen LogP contribution is 2.34. The maximum absolute atomic E-state index is 3.82. The fraction of sp³-hybridized carbons (Fsp3) is 0.368. The third-order valence-electron chi connectivity index (χ3n) is 4.36. The second-order valence-electron chi connectivity index (χ2n) is 6.23. The molecular weight excluding hydrogens is 388 g/mol. The summed E-state index contributed by atoms with van der Waals surface area (Å²) in [6.45, 7) is 8.94. The average Bonchev–Trinajstić information content (AvgIpc) is 2.49. The van der Waals surface area contributed by atoms with Gasteiger partial charge in [-0.25, -0.2) is 0 Å². The van der Waals surface area contributed by atoms with E-state index in [0.717, 1.165) is 10.9 Å². The lowest BCUT2D eigenvalue weighted by Gasteiger charge is -2.24. The van der Waals surface area contributed by atoms with E-state index in [4.69, 9.17) is 0 Å². The lowest BCUT2D eigenvalue weighted by atomic mass is 9.82. The van der Waals surface area contributed by atoms with Crippen molar-refractivity contribution in [3.05, 3.63) is 69.2 Å². The number of halogens is 2. The van der Waals surface area contributed by atoms with Gasteiger partial charge in [-0.1, -0.05) is 89.0 Å². The molecule has 0 saturated heterocycles. The second-order valence-corrected chi connectivity index (χ2v) is 8.00. The Labute approximate surface area is 145 Å². The van der Waals surface area contributed by atoms with Gasteiger partial charge >= 0.3 is 0 Å². The van der Waals surface area contributed by atoms with Gasteiger partial charge in [-0.3, -0.25) is 0 Å². The highest BCUT2D eigenvalue weighted by Gasteiger charge is 2.18. The molecule has 0 aliphatic rings. The SMILES string of the molecule is CCC(C)(C)c1ccc(C(Br)c2ccc(C)c(Br)c2)cc1. The van der Waals surface area contributed by atoms with Gasteiger partial charge in [0.05, 0.1) is 4.83 Å². The van der Waals surface area contributed by atoms with Crippen LogP contribution in [0.3, 0.4) is 0 Å². The largest absolute Gasteiger partial charge is 0.0786 e. The van der Waals surface area contributed by atoms with Gasteiger partial charge in [0.25, 0.3) is 0 Å². The maximum Gasteiger partial charge on any atom is 0.0645 e. The van der Waals surface area contributed by atoms with Gasteiger partial charge in [-0.05, 0) is 47.1 Å². The molecule has 0 saturated carbocycles. The Morgan fingerprint density at radius 1 is 1.00 bits per heavy atom. The first-order chi connectivity index (χ1) is 9.85. The van der Waals surface area contributed by atoms with E-state index in [0.29, 0.717) is 0 Å². The van der Waals surface area contributed by atoms with Crippen LogP contribution >= 0.6 is 31.9 Å². The van der Waals surface area contributed by atoms with E-state index in [-0.39, 0.29) is 10.2 Å². The normalized spacial score (nSPS) is 13.2. The fourth-order valence-electron chi connectivity index (χ4n) is 2.27. The number of aryl methyl sites for hydroxylation is 1. The summed E-state index contributed by atoms with van der Waals surface area (Å²) in [5.41, 5.74) is 5.47. The van der Waals surface area contributed by atoms with Crippen LogP contribution in [0.2, 0.25) is 0 Å². The minimum Gasteiger partial charge on any atom is -0.0786 e. The third kappa shape index (κ3) is 3.78. The molecule has 0 N–H and O–H groups in total. The zero-order chi connectivity index (χ0) is 15.6. The summed E-state index contributed by atoms with van der Waals surface area (Å²) in [4.78, 5) is 0.230. The van der Waals surface area contributed by atoms with Gasteiger partial charge in [0, 0.05) is 4.47 Å². The molecule has 0 nitrogen and oxygen atoms in total. The summed E-state index contributed by atoms with van der Waals surface area (Å²) in [7, 11) is 0. The number of hydrogen-bond donors (Lipinski definition) is 0.